The third-order valence-corrected chi connectivity index (χ3v) is 2.72. The largest absolute Gasteiger partial charge is 0.466 e. The van der Waals surface area contributed by atoms with Gasteiger partial charge in [0.15, 0.2) is 0 Å². The zero-order valence-corrected chi connectivity index (χ0v) is 10.1. The van der Waals surface area contributed by atoms with Crippen molar-refractivity contribution < 1.29 is 14.2 Å². The Hall–Kier alpha value is -0.920. The zero-order valence-electron chi connectivity index (χ0n) is 9.30. The molecule has 0 bridgehead atoms. The summed E-state index contributed by atoms with van der Waals surface area (Å²) in [5, 5.41) is 8.28. The average Bonchev–Trinajstić information content (AvgIpc) is 2.60. The first kappa shape index (κ1) is 11.6. The van der Waals surface area contributed by atoms with Gasteiger partial charge in [-0.05, 0) is 25.2 Å². The molecule has 1 unspecified atom stereocenters. The molecule has 16 heavy (non-hydrogen) atoms. The van der Waals surface area contributed by atoms with Crippen molar-refractivity contribution in [3.63, 3.8) is 0 Å². The Labute approximate surface area is 97.7 Å². The van der Waals surface area contributed by atoms with Gasteiger partial charge >= 0.3 is 0 Å². The van der Waals surface area contributed by atoms with Crippen molar-refractivity contribution in [1.82, 2.24) is 10.2 Å². The second-order valence-corrected chi connectivity index (χ2v) is 5.20. The normalized spacial score (nSPS) is 24.2. The van der Waals surface area contributed by atoms with Crippen LogP contribution in [0.15, 0.2) is 0 Å². The summed E-state index contributed by atoms with van der Waals surface area (Å²) in [6.45, 7) is 5.52. The maximum atomic E-state index is 5.78. The molecule has 2 rings (SSSR count). The number of aromatic nitrogens is 2. The summed E-state index contributed by atoms with van der Waals surface area (Å²) in [5.41, 5.74) is 5.18. The lowest BCUT2D eigenvalue weighted by molar-refractivity contribution is -0.189. The van der Waals surface area contributed by atoms with Crippen molar-refractivity contribution in [2.75, 3.05) is 25.6 Å². The summed E-state index contributed by atoms with van der Waals surface area (Å²) in [6.07, 6.45) is -0.0751. The molecule has 1 aromatic heterocycles. The van der Waals surface area contributed by atoms with Gasteiger partial charge in [0.1, 0.15) is 12.7 Å². The van der Waals surface area contributed by atoms with Gasteiger partial charge < -0.3 is 19.9 Å². The van der Waals surface area contributed by atoms with Crippen molar-refractivity contribution in [2.24, 2.45) is 0 Å². The van der Waals surface area contributed by atoms with E-state index < -0.39 is 0 Å². The van der Waals surface area contributed by atoms with Crippen LogP contribution in [0.4, 0.5) is 5.13 Å². The molecule has 1 atom stereocenters. The first-order valence-electron chi connectivity index (χ1n) is 5.02. The number of nitrogens with two attached hydrogens (primary N) is 1. The highest BCUT2D eigenvalue weighted by Gasteiger charge is 2.29. The van der Waals surface area contributed by atoms with Crippen molar-refractivity contribution in [3.05, 3.63) is 0 Å². The van der Waals surface area contributed by atoms with Gasteiger partial charge in [0.05, 0.1) is 18.8 Å². The Bertz CT molecular complexity index is 356. The third kappa shape index (κ3) is 3.03. The van der Waals surface area contributed by atoms with Crippen LogP contribution in [0.1, 0.15) is 13.8 Å². The predicted molar refractivity (Wildman–Crippen MR) is 59.6 cm³/mol. The second-order valence-electron chi connectivity index (χ2n) is 4.23. The van der Waals surface area contributed by atoms with Crippen LogP contribution in [-0.2, 0) is 9.47 Å². The molecule has 0 saturated carbocycles. The zero-order chi connectivity index (χ0) is 11.6. The van der Waals surface area contributed by atoms with Crippen LogP contribution in [0.3, 0.4) is 0 Å². The highest BCUT2D eigenvalue weighted by molar-refractivity contribution is 7.16. The molecular formula is C9H15N3O3S. The molecule has 1 saturated heterocycles. The van der Waals surface area contributed by atoms with E-state index in [1.807, 2.05) is 13.8 Å². The van der Waals surface area contributed by atoms with Crippen molar-refractivity contribution in [2.45, 2.75) is 25.6 Å². The van der Waals surface area contributed by atoms with E-state index in [2.05, 4.69) is 10.2 Å². The topological polar surface area (TPSA) is 79.5 Å². The lowest BCUT2D eigenvalue weighted by Crippen LogP contribution is -2.45. The summed E-state index contributed by atoms with van der Waals surface area (Å²) in [5.74, 6) is 0. The van der Waals surface area contributed by atoms with Gasteiger partial charge in [-0.2, -0.15) is 0 Å². The molecule has 0 amide bonds. The number of hydrogen-bond acceptors (Lipinski definition) is 7. The van der Waals surface area contributed by atoms with Gasteiger partial charge in [-0.3, -0.25) is 0 Å². The molecule has 1 fully saturated rings. The molecule has 0 radical (unpaired) electrons. The van der Waals surface area contributed by atoms with Crippen LogP contribution in [-0.4, -0.2) is 41.7 Å². The van der Waals surface area contributed by atoms with E-state index in [0.717, 1.165) is 0 Å². The van der Waals surface area contributed by atoms with Crippen molar-refractivity contribution in [3.8, 4) is 5.19 Å². The van der Waals surface area contributed by atoms with Gasteiger partial charge in [-0.1, -0.05) is 5.10 Å². The van der Waals surface area contributed by atoms with E-state index in [1.54, 1.807) is 0 Å². The molecule has 6 nitrogen and oxygen atoms in total. The summed E-state index contributed by atoms with van der Waals surface area (Å²) in [4.78, 5) is 0. The number of anilines is 1. The van der Waals surface area contributed by atoms with Gasteiger partial charge in [-0.25, -0.2) is 0 Å². The minimum Gasteiger partial charge on any atom is -0.466 e. The third-order valence-electron chi connectivity index (χ3n) is 2.05. The minimum absolute atomic E-state index is 0.0751. The smallest absolute Gasteiger partial charge is 0.295 e. The van der Waals surface area contributed by atoms with Crippen LogP contribution in [0.25, 0.3) is 0 Å². The molecule has 0 spiro atoms. The monoisotopic (exact) mass is 245 g/mol. The minimum atomic E-state index is -0.258. The standard InChI is InChI=1S/C9H15N3O3S/c1-9(2)5-13-3-6(15-9)4-14-8-12-11-7(10)16-8/h6H,3-5H2,1-2H3,(H2,10,11). The molecule has 1 aliphatic rings. The van der Waals surface area contributed by atoms with Crippen LogP contribution in [0, 0.1) is 0 Å². The van der Waals surface area contributed by atoms with Crippen LogP contribution in [0.5, 0.6) is 5.19 Å². The Kier molecular flexibility index (Phi) is 3.27. The fraction of sp³-hybridized carbons (Fsp3) is 0.778. The number of nitrogens with zero attached hydrogens (tertiary/aromatic N) is 2. The summed E-state index contributed by atoms with van der Waals surface area (Å²) in [7, 11) is 0. The summed E-state index contributed by atoms with van der Waals surface area (Å²) < 4.78 is 16.6. The Morgan fingerprint density at radius 2 is 2.38 bits per heavy atom. The number of rotatable bonds is 3. The molecule has 2 N–H and O–H groups in total. The summed E-state index contributed by atoms with van der Waals surface area (Å²) >= 11 is 1.21. The van der Waals surface area contributed by atoms with Crippen molar-refractivity contribution >= 4 is 16.5 Å². The lowest BCUT2D eigenvalue weighted by atomic mass is 10.1. The SMILES string of the molecule is CC1(C)COCC(COc2nnc(N)s2)O1. The molecule has 90 valence electrons. The molecule has 1 aliphatic heterocycles. The quantitative estimate of drug-likeness (QED) is 0.844. The number of ether oxygens (including phenoxy) is 3. The van der Waals surface area contributed by atoms with E-state index in [-0.39, 0.29) is 11.7 Å². The molecular weight excluding hydrogens is 230 g/mol. The molecule has 1 aromatic rings. The molecule has 0 aromatic carbocycles. The number of nitrogen functional groups attached to an aromatic ring is 1. The van der Waals surface area contributed by atoms with E-state index in [4.69, 9.17) is 19.9 Å². The maximum Gasteiger partial charge on any atom is 0.295 e. The van der Waals surface area contributed by atoms with Crippen LogP contribution >= 0.6 is 11.3 Å². The molecule has 0 aliphatic carbocycles. The molecule has 7 heteroatoms. The lowest BCUT2D eigenvalue weighted by Gasteiger charge is -2.35. The van der Waals surface area contributed by atoms with E-state index >= 15 is 0 Å². The predicted octanol–water partition coefficient (Wildman–Crippen LogP) is 0.693. The highest BCUT2D eigenvalue weighted by atomic mass is 32.1. The first-order chi connectivity index (χ1) is 7.55. The maximum absolute atomic E-state index is 5.78. The highest BCUT2D eigenvalue weighted by Crippen LogP contribution is 2.22. The second kappa shape index (κ2) is 4.52. The van der Waals surface area contributed by atoms with Crippen molar-refractivity contribution in [1.29, 1.82) is 0 Å². The van der Waals surface area contributed by atoms with Gasteiger partial charge in [-0.15, -0.1) is 5.10 Å². The Morgan fingerprint density at radius 1 is 1.56 bits per heavy atom. The van der Waals surface area contributed by atoms with E-state index in [0.29, 0.717) is 30.1 Å². The van der Waals surface area contributed by atoms with Gasteiger partial charge in [0, 0.05) is 0 Å². The first-order valence-corrected chi connectivity index (χ1v) is 5.84. The number of hydrogen-bond donors (Lipinski definition) is 1. The van der Waals surface area contributed by atoms with Crippen LogP contribution < -0.4 is 10.5 Å². The van der Waals surface area contributed by atoms with Gasteiger partial charge in [0.2, 0.25) is 5.13 Å². The fourth-order valence-electron chi connectivity index (χ4n) is 1.48. The Balaban J connectivity index is 1.82. The molecule has 2 heterocycles. The van der Waals surface area contributed by atoms with E-state index in [1.165, 1.54) is 11.3 Å². The Morgan fingerprint density at radius 3 is 3.00 bits per heavy atom. The summed E-state index contributed by atoms with van der Waals surface area (Å²) in [6, 6.07) is 0. The van der Waals surface area contributed by atoms with Crippen LogP contribution in [0.2, 0.25) is 0 Å². The fourth-order valence-corrected chi connectivity index (χ4v) is 1.95. The van der Waals surface area contributed by atoms with E-state index in [9.17, 15) is 0 Å². The van der Waals surface area contributed by atoms with Gasteiger partial charge in [0.25, 0.3) is 5.19 Å². The average molecular weight is 245 g/mol.